The van der Waals surface area contributed by atoms with Crippen LogP contribution in [0.4, 0.5) is 0 Å². The van der Waals surface area contributed by atoms with Gasteiger partial charge < -0.3 is 0 Å². The SMILES string of the molecule is Cc1ccc(C)c(CCC(=O)c2ccc(Cl)cc2)c1. The molecule has 1 nitrogen and oxygen atoms in total. The lowest BCUT2D eigenvalue weighted by atomic mass is 9.98. The molecule has 0 fully saturated rings. The fraction of sp³-hybridized carbons (Fsp3) is 0.235. The summed E-state index contributed by atoms with van der Waals surface area (Å²) in [5.41, 5.74) is 4.46. The van der Waals surface area contributed by atoms with Crippen LogP contribution in [0.2, 0.25) is 5.02 Å². The van der Waals surface area contributed by atoms with Crippen LogP contribution in [-0.2, 0) is 6.42 Å². The van der Waals surface area contributed by atoms with Crippen molar-refractivity contribution in [1.82, 2.24) is 0 Å². The molecule has 0 amide bonds. The van der Waals surface area contributed by atoms with Gasteiger partial charge in [0.25, 0.3) is 0 Å². The number of hydrogen-bond donors (Lipinski definition) is 0. The first kappa shape index (κ1) is 13.8. The Balaban J connectivity index is 2.04. The van der Waals surface area contributed by atoms with Crippen molar-refractivity contribution in [2.45, 2.75) is 26.7 Å². The summed E-state index contributed by atoms with van der Waals surface area (Å²) in [6, 6.07) is 13.4. The lowest BCUT2D eigenvalue weighted by Gasteiger charge is -2.07. The summed E-state index contributed by atoms with van der Waals surface area (Å²) >= 11 is 5.82. The molecule has 0 saturated carbocycles. The second-order valence-corrected chi connectivity index (χ2v) is 5.30. The van der Waals surface area contributed by atoms with Crippen molar-refractivity contribution in [3.63, 3.8) is 0 Å². The van der Waals surface area contributed by atoms with Gasteiger partial charge in [-0.15, -0.1) is 0 Å². The number of benzene rings is 2. The first-order valence-electron chi connectivity index (χ1n) is 6.41. The van der Waals surface area contributed by atoms with Crippen molar-refractivity contribution in [2.24, 2.45) is 0 Å². The molecule has 2 rings (SSSR count). The van der Waals surface area contributed by atoms with E-state index in [2.05, 4.69) is 32.0 Å². The van der Waals surface area contributed by atoms with E-state index < -0.39 is 0 Å². The zero-order valence-corrected chi connectivity index (χ0v) is 12.0. The standard InChI is InChI=1S/C17H17ClO/c1-12-3-4-13(2)15(11-12)7-10-17(19)14-5-8-16(18)9-6-14/h3-6,8-9,11H,7,10H2,1-2H3. The summed E-state index contributed by atoms with van der Waals surface area (Å²) in [4.78, 5) is 12.1. The molecule has 0 aliphatic rings. The van der Waals surface area contributed by atoms with E-state index in [-0.39, 0.29) is 5.78 Å². The van der Waals surface area contributed by atoms with Crippen molar-refractivity contribution in [1.29, 1.82) is 0 Å². The van der Waals surface area contributed by atoms with Crippen LogP contribution in [-0.4, -0.2) is 5.78 Å². The Labute approximate surface area is 119 Å². The van der Waals surface area contributed by atoms with Crippen molar-refractivity contribution in [3.05, 3.63) is 69.7 Å². The minimum Gasteiger partial charge on any atom is -0.294 e. The molecule has 0 unspecified atom stereocenters. The summed E-state index contributed by atoms with van der Waals surface area (Å²) in [7, 11) is 0. The van der Waals surface area contributed by atoms with Gasteiger partial charge in [-0.1, -0.05) is 35.4 Å². The molecule has 0 heterocycles. The molecular weight excluding hydrogens is 256 g/mol. The van der Waals surface area contributed by atoms with Gasteiger partial charge in [0.2, 0.25) is 0 Å². The van der Waals surface area contributed by atoms with E-state index >= 15 is 0 Å². The molecule has 0 spiro atoms. The third-order valence-corrected chi connectivity index (χ3v) is 3.54. The van der Waals surface area contributed by atoms with Gasteiger partial charge in [-0.25, -0.2) is 0 Å². The number of rotatable bonds is 4. The first-order chi connectivity index (χ1) is 9.06. The number of aryl methyl sites for hydroxylation is 3. The summed E-state index contributed by atoms with van der Waals surface area (Å²) in [5.74, 6) is 0.164. The first-order valence-corrected chi connectivity index (χ1v) is 6.79. The van der Waals surface area contributed by atoms with Crippen LogP contribution in [0.15, 0.2) is 42.5 Å². The van der Waals surface area contributed by atoms with E-state index in [0.717, 1.165) is 12.0 Å². The quantitative estimate of drug-likeness (QED) is 0.733. The van der Waals surface area contributed by atoms with Crippen molar-refractivity contribution < 1.29 is 4.79 Å². The van der Waals surface area contributed by atoms with E-state index in [1.165, 1.54) is 16.7 Å². The Morgan fingerprint density at radius 1 is 1.05 bits per heavy atom. The highest BCUT2D eigenvalue weighted by atomic mass is 35.5. The third kappa shape index (κ3) is 3.68. The highest BCUT2D eigenvalue weighted by molar-refractivity contribution is 6.30. The van der Waals surface area contributed by atoms with Crippen molar-refractivity contribution in [2.75, 3.05) is 0 Å². The maximum atomic E-state index is 12.1. The van der Waals surface area contributed by atoms with Gasteiger partial charge in [-0.3, -0.25) is 4.79 Å². The number of hydrogen-bond acceptors (Lipinski definition) is 1. The van der Waals surface area contributed by atoms with Gasteiger partial charge in [0, 0.05) is 17.0 Å². The predicted octanol–water partition coefficient (Wildman–Crippen LogP) is 4.77. The number of carbonyl (C=O) groups excluding carboxylic acids is 1. The topological polar surface area (TPSA) is 17.1 Å². The minimum absolute atomic E-state index is 0.164. The van der Waals surface area contributed by atoms with Crippen LogP contribution in [0.25, 0.3) is 0 Å². The maximum Gasteiger partial charge on any atom is 0.163 e. The molecule has 0 atom stereocenters. The Morgan fingerprint density at radius 3 is 2.42 bits per heavy atom. The molecule has 0 aromatic heterocycles. The van der Waals surface area contributed by atoms with E-state index in [1.807, 2.05) is 0 Å². The molecule has 0 saturated heterocycles. The summed E-state index contributed by atoms with van der Waals surface area (Å²) in [6.45, 7) is 4.16. The molecule has 2 heteroatoms. The van der Waals surface area contributed by atoms with Crippen LogP contribution in [0.5, 0.6) is 0 Å². The zero-order chi connectivity index (χ0) is 13.8. The largest absolute Gasteiger partial charge is 0.294 e. The highest BCUT2D eigenvalue weighted by Crippen LogP contribution is 2.16. The van der Waals surface area contributed by atoms with Crippen molar-refractivity contribution >= 4 is 17.4 Å². The molecule has 0 bridgehead atoms. The molecule has 2 aromatic carbocycles. The Bertz CT molecular complexity index is 585. The van der Waals surface area contributed by atoms with Crippen LogP contribution in [0.3, 0.4) is 0 Å². The second kappa shape index (κ2) is 6.03. The minimum atomic E-state index is 0.164. The molecule has 0 N–H and O–H groups in total. The van der Waals surface area contributed by atoms with E-state index in [0.29, 0.717) is 11.4 Å². The van der Waals surface area contributed by atoms with Crippen LogP contribution >= 0.6 is 11.6 Å². The lowest BCUT2D eigenvalue weighted by molar-refractivity contribution is 0.0983. The third-order valence-electron chi connectivity index (χ3n) is 3.29. The predicted molar refractivity (Wildman–Crippen MR) is 80.0 cm³/mol. The van der Waals surface area contributed by atoms with Crippen LogP contribution in [0, 0.1) is 13.8 Å². The van der Waals surface area contributed by atoms with Gasteiger partial charge in [0.05, 0.1) is 0 Å². The number of carbonyl (C=O) groups is 1. The highest BCUT2D eigenvalue weighted by Gasteiger charge is 2.07. The average Bonchev–Trinajstić information content (AvgIpc) is 2.40. The van der Waals surface area contributed by atoms with Gasteiger partial charge in [-0.2, -0.15) is 0 Å². The second-order valence-electron chi connectivity index (χ2n) is 4.86. The van der Waals surface area contributed by atoms with E-state index in [9.17, 15) is 4.79 Å². The molecule has 2 aromatic rings. The maximum absolute atomic E-state index is 12.1. The molecule has 0 aliphatic carbocycles. The number of halogens is 1. The fourth-order valence-electron chi connectivity index (χ4n) is 2.10. The van der Waals surface area contributed by atoms with Gasteiger partial charge in [0.15, 0.2) is 5.78 Å². The Hall–Kier alpha value is -1.60. The lowest BCUT2D eigenvalue weighted by Crippen LogP contribution is -2.02. The van der Waals surface area contributed by atoms with Crippen molar-refractivity contribution in [3.8, 4) is 0 Å². The number of Topliss-reactive ketones (excluding diaryl/α,β-unsaturated/α-hetero) is 1. The molecule has 0 radical (unpaired) electrons. The van der Waals surface area contributed by atoms with Gasteiger partial charge in [0.1, 0.15) is 0 Å². The molecule has 98 valence electrons. The van der Waals surface area contributed by atoms with E-state index in [1.54, 1.807) is 24.3 Å². The Kier molecular flexibility index (Phi) is 4.39. The summed E-state index contributed by atoms with van der Waals surface area (Å²) in [5, 5.41) is 0.658. The fourth-order valence-corrected chi connectivity index (χ4v) is 2.22. The average molecular weight is 273 g/mol. The van der Waals surface area contributed by atoms with Gasteiger partial charge in [-0.05, 0) is 55.7 Å². The number of ketones is 1. The summed E-state index contributed by atoms with van der Waals surface area (Å²) < 4.78 is 0. The van der Waals surface area contributed by atoms with Crippen LogP contribution < -0.4 is 0 Å². The molecular formula is C17H17ClO. The normalized spacial score (nSPS) is 10.5. The molecule has 19 heavy (non-hydrogen) atoms. The Morgan fingerprint density at radius 2 is 1.74 bits per heavy atom. The molecule has 0 aliphatic heterocycles. The monoisotopic (exact) mass is 272 g/mol. The summed E-state index contributed by atoms with van der Waals surface area (Å²) in [6.07, 6.45) is 1.32. The smallest absolute Gasteiger partial charge is 0.163 e. The van der Waals surface area contributed by atoms with Crippen LogP contribution in [0.1, 0.15) is 33.5 Å². The van der Waals surface area contributed by atoms with E-state index in [4.69, 9.17) is 11.6 Å². The zero-order valence-electron chi connectivity index (χ0n) is 11.2. The van der Waals surface area contributed by atoms with Gasteiger partial charge >= 0.3 is 0 Å².